The van der Waals surface area contributed by atoms with Crippen molar-refractivity contribution in [2.24, 2.45) is 0 Å². The fraction of sp³-hybridized carbons (Fsp3) is 0.278. The Morgan fingerprint density at radius 2 is 1.60 bits per heavy atom. The van der Waals surface area contributed by atoms with Gasteiger partial charge in [0.15, 0.2) is 5.66 Å². The fourth-order valence-corrected chi connectivity index (χ4v) is 4.42. The summed E-state index contributed by atoms with van der Waals surface area (Å²) in [5.41, 5.74) is -0.401. The maximum atomic E-state index is 13.3. The smallest absolute Gasteiger partial charge is 0.347 e. The third-order valence-electron chi connectivity index (χ3n) is 3.46. The van der Waals surface area contributed by atoms with Gasteiger partial charge >= 0.3 is 7.60 Å². The van der Waals surface area contributed by atoms with E-state index in [1.54, 1.807) is 62.4 Å². The lowest BCUT2D eigenvalue weighted by molar-refractivity contribution is -0.116. The predicted molar refractivity (Wildman–Crippen MR) is 96.8 cm³/mol. The van der Waals surface area contributed by atoms with Crippen molar-refractivity contribution in [2.75, 3.05) is 18.5 Å². The molecule has 0 saturated carbocycles. The number of phenolic OH excluding ortho intramolecular Hbond substituents is 1. The molecule has 0 aliphatic rings. The highest BCUT2D eigenvalue weighted by molar-refractivity contribution is 7.55. The molecule has 0 aliphatic heterocycles. The van der Waals surface area contributed by atoms with E-state index in [9.17, 15) is 14.5 Å². The summed E-state index contributed by atoms with van der Waals surface area (Å²) in [5, 5.41) is 12.5. The van der Waals surface area contributed by atoms with Gasteiger partial charge in [-0.05, 0) is 31.5 Å². The summed E-state index contributed by atoms with van der Waals surface area (Å²) in [6.45, 7) is 3.66. The van der Waals surface area contributed by atoms with Gasteiger partial charge in [-0.2, -0.15) is 0 Å². The number of amides is 1. The second-order valence-corrected chi connectivity index (χ2v) is 7.31. The molecule has 0 radical (unpaired) electrons. The predicted octanol–water partition coefficient (Wildman–Crippen LogP) is 4.34. The minimum Gasteiger partial charge on any atom is -0.506 e. The molecule has 0 aliphatic carbocycles. The van der Waals surface area contributed by atoms with Crippen LogP contribution in [0.15, 0.2) is 54.6 Å². The van der Waals surface area contributed by atoms with Crippen molar-refractivity contribution in [1.29, 1.82) is 0 Å². The Morgan fingerprint density at radius 1 is 1.04 bits per heavy atom. The van der Waals surface area contributed by atoms with Crippen molar-refractivity contribution in [1.82, 2.24) is 0 Å². The van der Waals surface area contributed by atoms with Crippen LogP contribution in [-0.2, 0) is 18.4 Å². The highest BCUT2D eigenvalue weighted by Gasteiger charge is 2.42. The number of carbonyl (C=O) groups excluding carboxylic acids is 1. The van der Waals surface area contributed by atoms with Crippen LogP contribution in [0.4, 0.5) is 5.69 Å². The first kappa shape index (κ1) is 19.2. The summed E-state index contributed by atoms with van der Waals surface area (Å²) in [4.78, 5) is 12.9. The van der Waals surface area contributed by atoms with Crippen LogP contribution in [0.3, 0.4) is 0 Å². The molecule has 0 fully saturated rings. The number of nitrogens with one attached hydrogen (secondary N) is 1. The molecule has 2 N–H and O–H groups in total. The van der Waals surface area contributed by atoms with E-state index in [0.717, 1.165) is 0 Å². The van der Waals surface area contributed by atoms with Crippen LogP contribution in [0.1, 0.15) is 25.1 Å². The molecule has 2 rings (SSSR count). The molecule has 0 heterocycles. The number of hydrogen-bond acceptors (Lipinski definition) is 5. The van der Waals surface area contributed by atoms with Gasteiger partial charge in [-0.15, -0.1) is 0 Å². The van der Waals surface area contributed by atoms with Crippen molar-refractivity contribution in [3.05, 3.63) is 60.2 Å². The molecular formula is C18H22NO5P. The van der Waals surface area contributed by atoms with Gasteiger partial charge < -0.3 is 19.5 Å². The van der Waals surface area contributed by atoms with E-state index < -0.39 is 19.2 Å². The maximum Gasteiger partial charge on any atom is 0.347 e. The average molecular weight is 363 g/mol. The number of anilines is 1. The van der Waals surface area contributed by atoms with E-state index >= 15 is 0 Å². The quantitative estimate of drug-likeness (QED) is 0.538. The number of rotatable bonds is 8. The molecule has 2 aromatic carbocycles. The summed E-state index contributed by atoms with van der Waals surface area (Å²) < 4.78 is 24.0. The van der Waals surface area contributed by atoms with E-state index in [4.69, 9.17) is 9.05 Å². The Labute approximate surface area is 147 Å². The van der Waals surface area contributed by atoms with Crippen LogP contribution in [0.25, 0.3) is 0 Å². The zero-order valence-corrected chi connectivity index (χ0v) is 15.1. The zero-order chi connectivity index (χ0) is 18.3. The van der Waals surface area contributed by atoms with Crippen molar-refractivity contribution in [2.45, 2.75) is 19.5 Å². The molecule has 134 valence electrons. The Balaban J connectivity index is 2.42. The van der Waals surface area contributed by atoms with E-state index in [0.29, 0.717) is 5.56 Å². The van der Waals surface area contributed by atoms with Gasteiger partial charge in [0.05, 0.1) is 18.9 Å². The van der Waals surface area contributed by atoms with Crippen LogP contribution >= 0.6 is 7.60 Å². The Hall–Kier alpha value is -2.14. The zero-order valence-electron chi connectivity index (χ0n) is 14.2. The second-order valence-electron chi connectivity index (χ2n) is 5.20. The lowest BCUT2D eigenvalue weighted by Gasteiger charge is -2.26. The molecular weight excluding hydrogens is 341 g/mol. The fourth-order valence-electron chi connectivity index (χ4n) is 2.44. The summed E-state index contributed by atoms with van der Waals surface area (Å²) in [5.74, 6) is -0.650. The van der Waals surface area contributed by atoms with Crippen molar-refractivity contribution in [3.8, 4) is 5.75 Å². The van der Waals surface area contributed by atoms with Gasteiger partial charge in [0.1, 0.15) is 5.75 Å². The number of para-hydroxylation sites is 2. The first-order chi connectivity index (χ1) is 12.0. The molecule has 2 aromatic rings. The lowest BCUT2D eigenvalue weighted by atomic mass is 10.1. The average Bonchev–Trinajstić information content (AvgIpc) is 2.58. The van der Waals surface area contributed by atoms with Gasteiger partial charge in [0, 0.05) is 0 Å². The normalized spacial score (nSPS) is 12.6. The highest BCUT2D eigenvalue weighted by atomic mass is 31.2. The summed E-state index contributed by atoms with van der Waals surface area (Å²) in [6, 6.07) is 15.0. The van der Waals surface area contributed by atoms with Crippen molar-refractivity contribution >= 4 is 19.2 Å². The van der Waals surface area contributed by atoms with Crippen LogP contribution in [0.5, 0.6) is 5.75 Å². The molecule has 6 nitrogen and oxygen atoms in total. The number of carbonyl (C=O) groups is 1. The van der Waals surface area contributed by atoms with Crippen molar-refractivity contribution in [3.63, 3.8) is 0 Å². The standard InChI is InChI=1S/C18H22NO5P/c1-3-23-25(22,24-4-2)17(14-10-6-5-7-11-14)18(21)19-15-12-8-9-13-16(15)20/h5-13,17,20H,3-4H2,1-2H3,(H,19,21). The number of phenols is 1. The van der Waals surface area contributed by atoms with E-state index in [1.807, 2.05) is 0 Å². The Bertz CT molecular complexity index is 740. The first-order valence-electron chi connectivity index (χ1n) is 8.04. The molecule has 0 bridgehead atoms. The molecule has 0 aromatic heterocycles. The third kappa shape index (κ3) is 4.69. The molecule has 0 saturated heterocycles. The molecule has 1 atom stereocenters. The van der Waals surface area contributed by atoms with Crippen LogP contribution in [0, 0.1) is 0 Å². The summed E-state index contributed by atoms with van der Waals surface area (Å²) in [6.07, 6.45) is 0. The first-order valence-corrected chi connectivity index (χ1v) is 9.65. The second kappa shape index (κ2) is 8.81. The van der Waals surface area contributed by atoms with Gasteiger partial charge in [-0.1, -0.05) is 42.5 Å². The SMILES string of the molecule is CCOP(=O)(OCC)C(C(=O)Nc1ccccc1O)c1ccccc1. The largest absolute Gasteiger partial charge is 0.506 e. The van der Waals surface area contributed by atoms with Crippen LogP contribution < -0.4 is 5.32 Å². The van der Waals surface area contributed by atoms with Gasteiger partial charge in [-0.25, -0.2) is 0 Å². The Kier molecular flexibility index (Phi) is 6.76. The molecule has 7 heteroatoms. The number of aromatic hydroxyl groups is 1. The van der Waals surface area contributed by atoms with Gasteiger partial charge in [-0.3, -0.25) is 9.36 Å². The third-order valence-corrected chi connectivity index (χ3v) is 5.86. The monoisotopic (exact) mass is 363 g/mol. The van der Waals surface area contributed by atoms with Gasteiger partial charge in [0.2, 0.25) is 5.91 Å². The van der Waals surface area contributed by atoms with E-state index in [2.05, 4.69) is 5.32 Å². The summed E-state index contributed by atoms with van der Waals surface area (Å²) >= 11 is 0. The van der Waals surface area contributed by atoms with Crippen molar-refractivity contribution < 1.29 is 23.5 Å². The molecule has 1 amide bonds. The maximum absolute atomic E-state index is 13.3. The minimum atomic E-state index is -3.75. The van der Waals surface area contributed by atoms with Crippen LogP contribution in [-0.4, -0.2) is 24.2 Å². The topological polar surface area (TPSA) is 84.9 Å². The molecule has 1 unspecified atom stereocenters. The summed E-state index contributed by atoms with van der Waals surface area (Å²) in [7, 11) is -3.75. The minimum absolute atomic E-state index is 0.0784. The Morgan fingerprint density at radius 3 is 2.16 bits per heavy atom. The number of benzene rings is 2. The molecule has 0 spiro atoms. The van der Waals surface area contributed by atoms with E-state index in [1.165, 1.54) is 6.07 Å². The van der Waals surface area contributed by atoms with E-state index in [-0.39, 0.29) is 24.7 Å². The molecule has 25 heavy (non-hydrogen) atoms. The lowest BCUT2D eigenvalue weighted by Crippen LogP contribution is -2.23. The van der Waals surface area contributed by atoms with Gasteiger partial charge in [0.25, 0.3) is 0 Å². The van der Waals surface area contributed by atoms with Crippen LogP contribution in [0.2, 0.25) is 0 Å². The highest BCUT2D eigenvalue weighted by Crippen LogP contribution is 2.61. The number of hydrogen-bond donors (Lipinski definition) is 2.